The fourth-order valence-corrected chi connectivity index (χ4v) is 4.64. The third-order valence-corrected chi connectivity index (χ3v) is 6.56. The van der Waals surface area contributed by atoms with Crippen molar-refractivity contribution < 1.29 is 14.3 Å². The zero-order chi connectivity index (χ0) is 20.4. The number of fused-ring (bicyclic) bond motifs is 1. The fourth-order valence-electron chi connectivity index (χ4n) is 2.73. The first-order chi connectivity index (χ1) is 14.0. The Labute approximate surface area is 176 Å². The normalized spacial score (nSPS) is 13.2. The standard InChI is InChI=1S/C20H20N4O3S2/c1-11-5-4-6-15(12(11)2)22-19-23-24-20(29-19)28-13(3)18(25)21-14-7-8-16-17(9-14)27-10-26-16/h4-9,13H,10H2,1-3H3,(H,21,25)(H,22,23)/t13-/m0/s1. The largest absolute Gasteiger partial charge is 0.454 e. The summed E-state index contributed by atoms with van der Waals surface area (Å²) in [7, 11) is 0. The summed E-state index contributed by atoms with van der Waals surface area (Å²) in [5.41, 5.74) is 4.06. The van der Waals surface area contributed by atoms with E-state index in [1.165, 1.54) is 34.2 Å². The van der Waals surface area contributed by atoms with Crippen molar-refractivity contribution in [1.29, 1.82) is 0 Å². The van der Waals surface area contributed by atoms with Crippen molar-refractivity contribution in [3.63, 3.8) is 0 Å². The highest BCUT2D eigenvalue weighted by molar-refractivity contribution is 8.02. The van der Waals surface area contributed by atoms with Gasteiger partial charge in [-0.15, -0.1) is 10.2 Å². The molecule has 0 spiro atoms. The molecule has 1 amide bonds. The number of thioether (sulfide) groups is 1. The highest BCUT2D eigenvalue weighted by Gasteiger charge is 2.19. The smallest absolute Gasteiger partial charge is 0.237 e. The van der Waals surface area contributed by atoms with E-state index < -0.39 is 0 Å². The van der Waals surface area contributed by atoms with Crippen LogP contribution in [0.1, 0.15) is 18.1 Å². The van der Waals surface area contributed by atoms with Crippen LogP contribution in [0.15, 0.2) is 40.7 Å². The molecule has 1 aromatic heterocycles. The van der Waals surface area contributed by atoms with Gasteiger partial charge in [0.1, 0.15) is 0 Å². The molecule has 2 aromatic carbocycles. The van der Waals surface area contributed by atoms with Gasteiger partial charge in [0.05, 0.1) is 5.25 Å². The van der Waals surface area contributed by atoms with Gasteiger partial charge in [-0.25, -0.2) is 0 Å². The minimum Gasteiger partial charge on any atom is -0.454 e. The second-order valence-electron chi connectivity index (χ2n) is 6.56. The number of amides is 1. The molecular weight excluding hydrogens is 408 g/mol. The second kappa shape index (κ2) is 8.30. The Morgan fingerprint density at radius 2 is 2.00 bits per heavy atom. The van der Waals surface area contributed by atoms with Gasteiger partial charge >= 0.3 is 0 Å². The topological polar surface area (TPSA) is 85.4 Å². The van der Waals surface area contributed by atoms with Gasteiger partial charge in [0.25, 0.3) is 0 Å². The lowest BCUT2D eigenvalue weighted by molar-refractivity contribution is -0.115. The average Bonchev–Trinajstić information content (AvgIpc) is 3.34. The van der Waals surface area contributed by atoms with Crippen molar-refractivity contribution in [2.24, 2.45) is 0 Å². The van der Waals surface area contributed by atoms with Crippen LogP contribution in [0.5, 0.6) is 11.5 Å². The number of hydrogen-bond acceptors (Lipinski definition) is 8. The SMILES string of the molecule is Cc1cccc(Nc2nnc(S[C@@H](C)C(=O)Nc3ccc4c(c3)OCO4)s2)c1C. The molecule has 1 aliphatic heterocycles. The minimum atomic E-state index is -0.332. The first-order valence-corrected chi connectivity index (χ1v) is 10.7. The zero-order valence-electron chi connectivity index (χ0n) is 16.2. The highest BCUT2D eigenvalue weighted by atomic mass is 32.2. The summed E-state index contributed by atoms with van der Waals surface area (Å²) in [6.45, 7) is 6.18. The van der Waals surface area contributed by atoms with E-state index >= 15 is 0 Å². The summed E-state index contributed by atoms with van der Waals surface area (Å²) in [5.74, 6) is 1.20. The summed E-state index contributed by atoms with van der Waals surface area (Å²) < 4.78 is 11.4. The zero-order valence-corrected chi connectivity index (χ0v) is 17.8. The van der Waals surface area contributed by atoms with Crippen molar-refractivity contribution in [1.82, 2.24) is 10.2 Å². The number of hydrogen-bond donors (Lipinski definition) is 2. The highest BCUT2D eigenvalue weighted by Crippen LogP contribution is 2.35. The monoisotopic (exact) mass is 428 g/mol. The average molecular weight is 429 g/mol. The number of rotatable bonds is 6. The Morgan fingerprint density at radius 3 is 2.86 bits per heavy atom. The van der Waals surface area contributed by atoms with E-state index in [1.807, 2.05) is 19.1 Å². The molecule has 29 heavy (non-hydrogen) atoms. The van der Waals surface area contributed by atoms with E-state index in [2.05, 4.69) is 40.7 Å². The molecule has 2 heterocycles. The molecule has 0 aliphatic carbocycles. The molecule has 0 fully saturated rings. The molecule has 3 aromatic rings. The summed E-state index contributed by atoms with van der Waals surface area (Å²) in [6, 6.07) is 11.4. The molecule has 0 unspecified atom stereocenters. The number of nitrogens with one attached hydrogen (secondary N) is 2. The number of aromatic nitrogens is 2. The van der Waals surface area contributed by atoms with Gasteiger partial charge in [-0.05, 0) is 50.1 Å². The van der Waals surface area contributed by atoms with Crippen molar-refractivity contribution in [2.45, 2.75) is 30.4 Å². The van der Waals surface area contributed by atoms with Gasteiger partial charge in [0.15, 0.2) is 15.8 Å². The minimum absolute atomic E-state index is 0.117. The Kier molecular flexibility index (Phi) is 5.59. The molecule has 1 aliphatic rings. The van der Waals surface area contributed by atoms with E-state index in [0.717, 1.165) is 10.0 Å². The van der Waals surface area contributed by atoms with E-state index in [0.29, 0.717) is 22.3 Å². The quantitative estimate of drug-likeness (QED) is 0.548. The lowest BCUT2D eigenvalue weighted by Gasteiger charge is -2.10. The Balaban J connectivity index is 1.36. The van der Waals surface area contributed by atoms with E-state index in [1.54, 1.807) is 18.2 Å². The number of benzene rings is 2. The molecule has 0 radical (unpaired) electrons. The summed E-state index contributed by atoms with van der Waals surface area (Å²) in [4.78, 5) is 12.5. The van der Waals surface area contributed by atoms with Crippen molar-refractivity contribution >= 4 is 45.5 Å². The van der Waals surface area contributed by atoms with Crippen LogP contribution in [0.3, 0.4) is 0 Å². The van der Waals surface area contributed by atoms with Gasteiger partial charge in [0, 0.05) is 17.4 Å². The Morgan fingerprint density at radius 1 is 1.17 bits per heavy atom. The predicted octanol–water partition coefficient (Wildman–Crippen LogP) is 4.75. The maximum absolute atomic E-state index is 12.5. The van der Waals surface area contributed by atoms with E-state index in [9.17, 15) is 4.79 Å². The van der Waals surface area contributed by atoms with Crippen LogP contribution < -0.4 is 20.1 Å². The van der Waals surface area contributed by atoms with Gasteiger partial charge in [0.2, 0.25) is 17.8 Å². The number of carbonyl (C=O) groups is 1. The molecule has 4 rings (SSSR count). The lowest BCUT2D eigenvalue weighted by Crippen LogP contribution is -2.22. The maximum Gasteiger partial charge on any atom is 0.237 e. The maximum atomic E-state index is 12.5. The number of anilines is 3. The molecule has 0 saturated heterocycles. The molecular formula is C20H20N4O3S2. The Hall–Kier alpha value is -2.78. The van der Waals surface area contributed by atoms with Crippen LogP contribution in [0.25, 0.3) is 0 Å². The Bertz CT molecular complexity index is 1050. The summed E-state index contributed by atoms with van der Waals surface area (Å²) >= 11 is 2.80. The summed E-state index contributed by atoms with van der Waals surface area (Å²) in [6.07, 6.45) is 0. The van der Waals surface area contributed by atoms with Crippen LogP contribution in [-0.4, -0.2) is 28.1 Å². The van der Waals surface area contributed by atoms with Crippen molar-refractivity contribution in [3.05, 3.63) is 47.5 Å². The first kappa shape index (κ1) is 19.5. The van der Waals surface area contributed by atoms with Crippen molar-refractivity contribution in [3.8, 4) is 11.5 Å². The van der Waals surface area contributed by atoms with Crippen LogP contribution in [0, 0.1) is 13.8 Å². The van der Waals surface area contributed by atoms with E-state index in [4.69, 9.17) is 9.47 Å². The molecule has 1 atom stereocenters. The third-order valence-electron chi connectivity index (χ3n) is 4.54. The van der Waals surface area contributed by atoms with Gasteiger partial charge in [-0.3, -0.25) is 4.79 Å². The van der Waals surface area contributed by atoms with E-state index in [-0.39, 0.29) is 18.0 Å². The van der Waals surface area contributed by atoms with Crippen LogP contribution in [0.2, 0.25) is 0 Å². The van der Waals surface area contributed by atoms with Crippen LogP contribution >= 0.6 is 23.1 Å². The number of aryl methyl sites for hydroxylation is 1. The predicted molar refractivity (Wildman–Crippen MR) is 116 cm³/mol. The number of carbonyl (C=O) groups excluding carboxylic acids is 1. The molecule has 7 nitrogen and oxygen atoms in total. The van der Waals surface area contributed by atoms with Crippen LogP contribution in [0.4, 0.5) is 16.5 Å². The molecule has 2 N–H and O–H groups in total. The van der Waals surface area contributed by atoms with Gasteiger partial charge in [-0.2, -0.15) is 0 Å². The molecule has 150 valence electrons. The molecule has 9 heteroatoms. The lowest BCUT2D eigenvalue weighted by atomic mass is 10.1. The first-order valence-electron chi connectivity index (χ1n) is 9.03. The molecule has 0 saturated carbocycles. The van der Waals surface area contributed by atoms with Crippen molar-refractivity contribution in [2.75, 3.05) is 17.4 Å². The third kappa shape index (κ3) is 4.46. The fraction of sp³-hybridized carbons (Fsp3) is 0.250. The number of ether oxygens (including phenoxy) is 2. The van der Waals surface area contributed by atoms with Gasteiger partial charge < -0.3 is 20.1 Å². The van der Waals surface area contributed by atoms with Gasteiger partial charge in [-0.1, -0.05) is 35.2 Å². The summed E-state index contributed by atoms with van der Waals surface area (Å²) in [5, 5.41) is 15.0. The van der Waals surface area contributed by atoms with Crippen LogP contribution in [-0.2, 0) is 4.79 Å². The number of nitrogens with zero attached hydrogens (tertiary/aromatic N) is 2. The molecule has 0 bridgehead atoms. The second-order valence-corrected chi connectivity index (χ2v) is 9.13.